The number of carbonyl (C=O) groups excluding carboxylic acids is 1. The third-order valence-corrected chi connectivity index (χ3v) is 3.79. The van der Waals surface area contributed by atoms with E-state index in [-0.39, 0.29) is 24.5 Å². The Morgan fingerprint density at radius 1 is 1.38 bits per heavy atom. The summed E-state index contributed by atoms with van der Waals surface area (Å²) in [4.78, 5) is 22.8. The van der Waals surface area contributed by atoms with E-state index in [4.69, 9.17) is 21.4 Å². The molecule has 1 aliphatic carbocycles. The molecule has 1 aromatic rings. The van der Waals surface area contributed by atoms with Crippen LogP contribution < -0.4 is 10.1 Å². The maximum atomic E-state index is 11.8. The van der Waals surface area contributed by atoms with Crippen LogP contribution in [0.25, 0.3) is 0 Å². The minimum atomic E-state index is -0.788. The number of carbonyl (C=O) groups is 2. The molecule has 1 amide bonds. The van der Waals surface area contributed by atoms with Crippen LogP contribution in [0.15, 0.2) is 24.3 Å². The van der Waals surface area contributed by atoms with Crippen LogP contribution in [0.2, 0.25) is 5.02 Å². The molecule has 0 bridgehead atoms. The SMILES string of the molecule is O=C(COc1cccc(Cl)c1)NC1CCCC(C(=O)O)C1. The van der Waals surface area contributed by atoms with Crippen LogP contribution in [0.5, 0.6) is 5.75 Å². The van der Waals surface area contributed by atoms with Crippen molar-refractivity contribution in [3.8, 4) is 5.75 Å². The second kappa shape index (κ2) is 7.31. The van der Waals surface area contributed by atoms with E-state index in [0.717, 1.165) is 12.8 Å². The van der Waals surface area contributed by atoms with Crippen molar-refractivity contribution in [2.75, 3.05) is 6.61 Å². The highest BCUT2D eigenvalue weighted by molar-refractivity contribution is 6.30. The summed E-state index contributed by atoms with van der Waals surface area (Å²) in [5.41, 5.74) is 0. The van der Waals surface area contributed by atoms with Crippen LogP contribution in [0.3, 0.4) is 0 Å². The minimum Gasteiger partial charge on any atom is -0.484 e. The Morgan fingerprint density at radius 3 is 2.90 bits per heavy atom. The lowest BCUT2D eigenvalue weighted by molar-refractivity contribution is -0.143. The largest absolute Gasteiger partial charge is 0.484 e. The lowest BCUT2D eigenvalue weighted by Gasteiger charge is -2.27. The van der Waals surface area contributed by atoms with Gasteiger partial charge in [-0.1, -0.05) is 24.1 Å². The van der Waals surface area contributed by atoms with Crippen molar-refractivity contribution in [1.29, 1.82) is 0 Å². The van der Waals surface area contributed by atoms with E-state index in [2.05, 4.69) is 5.32 Å². The zero-order valence-corrected chi connectivity index (χ0v) is 12.3. The fraction of sp³-hybridized carbons (Fsp3) is 0.467. The van der Waals surface area contributed by atoms with Gasteiger partial charge in [0, 0.05) is 11.1 Å². The quantitative estimate of drug-likeness (QED) is 0.876. The van der Waals surface area contributed by atoms with E-state index in [1.54, 1.807) is 24.3 Å². The predicted octanol–water partition coefficient (Wildman–Crippen LogP) is 2.48. The molecule has 5 nitrogen and oxygen atoms in total. The van der Waals surface area contributed by atoms with Crippen LogP contribution in [-0.4, -0.2) is 29.6 Å². The molecule has 2 N–H and O–H groups in total. The van der Waals surface area contributed by atoms with Crippen LogP contribution in [0.1, 0.15) is 25.7 Å². The first-order chi connectivity index (χ1) is 10.0. The monoisotopic (exact) mass is 311 g/mol. The van der Waals surface area contributed by atoms with E-state index in [1.165, 1.54) is 0 Å². The van der Waals surface area contributed by atoms with Crippen molar-refractivity contribution in [3.63, 3.8) is 0 Å². The Morgan fingerprint density at radius 2 is 2.19 bits per heavy atom. The van der Waals surface area contributed by atoms with Gasteiger partial charge >= 0.3 is 5.97 Å². The molecule has 1 aromatic carbocycles. The molecule has 0 radical (unpaired) electrons. The van der Waals surface area contributed by atoms with Gasteiger partial charge in [-0.25, -0.2) is 0 Å². The number of rotatable bonds is 5. The summed E-state index contributed by atoms with van der Waals surface area (Å²) in [6.07, 6.45) is 2.79. The standard InChI is InChI=1S/C15H18ClNO4/c16-11-4-2-6-13(8-11)21-9-14(18)17-12-5-1-3-10(7-12)15(19)20/h2,4,6,8,10,12H,1,3,5,7,9H2,(H,17,18)(H,19,20). The van der Waals surface area contributed by atoms with Crippen LogP contribution >= 0.6 is 11.6 Å². The number of carboxylic acid groups (broad SMARTS) is 1. The summed E-state index contributed by atoms with van der Waals surface area (Å²) in [6.45, 7) is -0.103. The van der Waals surface area contributed by atoms with Crippen LogP contribution in [0.4, 0.5) is 0 Å². The van der Waals surface area contributed by atoms with E-state index in [9.17, 15) is 9.59 Å². The van der Waals surface area contributed by atoms with E-state index in [1.807, 2.05) is 0 Å². The highest BCUT2D eigenvalue weighted by Crippen LogP contribution is 2.24. The normalized spacial score (nSPS) is 21.6. The van der Waals surface area contributed by atoms with Crippen molar-refractivity contribution >= 4 is 23.5 Å². The molecule has 0 aromatic heterocycles. The highest BCUT2D eigenvalue weighted by atomic mass is 35.5. The summed E-state index contributed by atoms with van der Waals surface area (Å²) in [7, 11) is 0. The molecule has 2 rings (SSSR count). The third-order valence-electron chi connectivity index (χ3n) is 3.55. The molecule has 0 aliphatic heterocycles. The van der Waals surface area contributed by atoms with Crippen molar-refractivity contribution in [2.24, 2.45) is 5.92 Å². The van der Waals surface area contributed by atoms with Gasteiger partial charge in [-0.3, -0.25) is 9.59 Å². The van der Waals surface area contributed by atoms with Gasteiger partial charge in [0.1, 0.15) is 5.75 Å². The highest BCUT2D eigenvalue weighted by Gasteiger charge is 2.27. The molecule has 114 valence electrons. The lowest BCUT2D eigenvalue weighted by Crippen LogP contribution is -2.41. The van der Waals surface area contributed by atoms with Crippen molar-refractivity contribution in [3.05, 3.63) is 29.3 Å². The van der Waals surface area contributed by atoms with Crippen molar-refractivity contribution in [2.45, 2.75) is 31.7 Å². The second-order valence-electron chi connectivity index (χ2n) is 5.21. The fourth-order valence-electron chi connectivity index (χ4n) is 2.52. The van der Waals surface area contributed by atoms with Gasteiger partial charge in [0.25, 0.3) is 5.91 Å². The molecule has 1 fully saturated rings. The lowest BCUT2D eigenvalue weighted by atomic mass is 9.86. The summed E-state index contributed by atoms with van der Waals surface area (Å²) < 4.78 is 5.35. The van der Waals surface area contributed by atoms with E-state index in [0.29, 0.717) is 23.6 Å². The number of nitrogens with one attached hydrogen (secondary N) is 1. The smallest absolute Gasteiger partial charge is 0.306 e. The third kappa shape index (κ3) is 4.93. The first kappa shape index (κ1) is 15.6. The van der Waals surface area contributed by atoms with Crippen molar-refractivity contribution < 1.29 is 19.4 Å². The van der Waals surface area contributed by atoms with Crippen molar-refractivity contribution in [1.82, 2.24) is 5.32 Å². The Kier molecular flexibility index (Phi) is 5.44. The first-order valence-corrected chi connectivity index (χ1v) is 7.33. The maximum absolute atomic E-state index is 11.8. The van der Waals surface area contributed by atoms with Crippen LogP contribution in [-0.2, 0) is 9.59 Å². The second-order valence-corrected chi connectivity index (χ2v) is 5.65. The Labute approximate surface area is 128 Å². The number of benzene rings is 1. The number of hydrogen-bond donors (Lipinski definition) is 2. The summed E-state index contributed by atoms with van der Waals surface area (Å²) in [5.74, 6) is -0.863. The molecular formula is C15H18ClNO4. The van der Waals surface area contributed by atoms with Crippen LogP contribution in [0, 0.1) is 5.92 Å². The zero-order valence-electron chi connectivity index (χ0n) is 11.5. The summed E-state index contributed by atoms with van der Waals surface area (Å²) in [6, 6.07) is 6.74. The minimum absolute atomic E-state index is 0.0877. The molecule has 0 spiro atoms. The molecule has 1 saturated carbocycles. The number of halogens is 1. The number of hydrogen-bond acceptors (Lipinski definition) is 3. The van der Waals surface area contributed by atoms with Gasteiger partial charge in [0.2, 0.25) is 0 Å². The molecular weight excluding hydrogens is 294 g/mol. The van der Waals surface area contributed by atoms with Gasteiger partial charge in [-0.15, -0.1) is 0 Å². The van der Waals surface area contributed by atoms with E-state index >= 15 is 0 Å². The van der Waals surface area contributed by atoms with Gasteiger partial charge < -0.3 is 15.2 Å². The molecule has 1 aliphatic rings. The number of ether oxygens (including phenoxy) is 1. The number of amides is 1. The van der Waals surface area contributed by atoms with Gasteiger partial charge in [-0.2, -0.15) is 0 Å². The molecule has 21 heavy (non-hydrogen) atoms. The average molecular weight is 312 g/mol. The Balaban J connectivity index is 1.78. The number of carboxylic acids is 1. The number of aliphatic carboxylic acids is 1. The van der Waals surface area contributed by atoms with Gasteiger partial charge in [0.05, 0.1) is 5.92 Å². The topological polar surface area (TPSA) is 75.6 Å². The first-order valence-electron chi connectivity index (χ1n) is 6.95. The zero-order chi connectivity index (χ0) is 15.2. The summed E-state index contributed by atoms with van der Waals surface area (Å²) in [5, 5.41) is 12.4. The average Bonchev–Trinajstić information content (AvgIpc) is 2.45. The maximum Gasteiger partial charge on any atom is 0.306 e. The molecule has 2 atom stereocenters. The van der Waals surface area contributed by atoms with Gasteiger partial charge in [0.15, 0.2) is 6.61 Å². The Hall–Kier alpha value is -1.75. The molecule has 0 heterocycles. The molecule has 2 unspecified atom stereocenters. The fourth-order valence-corrected chi connectivity index (χ4v) is 2.70. The molecule has 0 saturated heterocycles. The van der Waals surface area contributed by atoms with Gasteiger partial charge in [-0.05, 0) is 37.5 Å². The Bertz CT molecular complexity index is 520. The summed E-state index contributed by atoms with van der Waals surface area (Å²) >= 11 is 5.83. The van der Waals surface area contributed by atoms with E-state index < -0.39 is 5.97 Å². The predicted molar refractivity (Wildman–Crippen MR) is 78.5 cm³/mol. The molecule has 6 heteroatoms.